The van der Waals surface area contributed by atoms with Crippen LogP contribution in [0.1, 0.15) is 13.8 Å². The van der Waals surface area contributed by atoms with Gasteiger partial charge in [-0.2, -0.15) is 0 Å². The minimum Gasteiger partial charge on any atom is -0.470 e. The number of ketones is 1. The predicted molar refractivity (Wildman–Crippen MR) is 89.7 cm³/mol. The molecule has 4 nitrogen and oxygen atoms in total. The maximum Gasteiger partial charge on any atom is 0.330 e. The van der Waals surface area contributed by atoms with Crippen molar-refractivity contribution >= 4 is 50.9 Å². The van der Waals surface area contributed by atoms with Gasteiger partial charge in [0.1, 0.15) is 12.4 Å². The van der Waals surface area contributed by atoms with Gasteiger partial charge in [-0.15, -0.1) is 0 Å². The lowest BCUT2D eigenvalue weighted by molar-refractivity contribution is -0.145. The topological polar surface area (TPSA) is 52.6 Å². The number of rotatable bonds is 7. The van der Waals surface area contributed by atoms with E-state index >= 15 is 0 Å². The van der Waals surface area contributed by atoms with E-state index in [2.05, 4.69) is 22.5 Å². The number of alkyl halides is 1. The first-order valence-electron chi connectivity index (χ1n) is 6.26. The van der Waals surface area contributed by atoms with Crippen LogP contribution >= 0.6 is 39.1 Å². The molecule has 0 bridgehead atoms. The summed E-state index contributed by atoms with van der Waals surface area (Å²) in [6, 6.07) is 4.68. The van der Waals surface area contributed by atoms with Crippen LogP contribution in [0.4, 0.5) is 0 Å². The van der Waals surface area contributed by atoms with E-state index in [0.29, 0.717) is 15.8 Å². The molecule has 1 aromatic rings. The third-order valence-corrected chi connectivity index (χ3v) is 3.87. The number of halogens is 3. The minimum atomic E-state index is -0.941. The predicted octanol–water partition coefficient (Wildman–Crippen LogP) is 4.42. The van der Waals surface area contributed by atoms with Crippen LogP contribution < -0.4 is 4.74 Å². The summed E-state index contributed by atoms with van der Waals surface area (Å²) in [6.07, 6.45) is 1.04. The van der Waals surface area contributed by atoms with Crippen LogP contribution in [-0.4, -0.2) is 23.4 Å². The van der Waals surface area contributed by atoms with Crippen LogP contribution in [0.2, 0.25) is 10.0 Å². The summed E-state index contributed by atoms with van der Waals surface area (Å²) in [5.74, 6) is -0.566. The van der Waals surface area contributed by atoms with E-state index in [1.54, 1.807) is 26.0 Å². The highest BCUT2D eigenvalue weighted by Gasteiger charge is 2.35. The van der Waals surface area contributed by atoms with Gasteiger partial charge in [0.05, 0.1) is 10.4 Å². The molecule has 0 aromatic heterocycles. The molecule has 7 heteroatoms. The van der Waals surface area contributed by atoms with Crippen LogP contribution in [0.15, 0.2) is 30.9 Å². The highest BCUT2D eigenvalue weighted by atomic mass is 79.9. The van der Waals surface area contributed by atoms with Gasteiger partial charge in [0.2, 0.25) is 5.01 Å². The first-order chi connectivity index (χ1) is 10.2. The second-order valence-corrected chi connectivity index (χ2v) is 6.74. The molecular formula is C15H15BrCl2O4. The molecule has 0 amide bonds. The van der Waals surface area contributed by atoms with Crippen molar-refractivity contribution in [2.45, 2.75) is 18.9 Å². The zero-order valence-corrected chi connectivity index (χ0v) is 15.2. The maximum absolute atomic E-state index is 12.4. The van der Waals surface area contributed by atoms with Crippen molar-refractivity contribution in [2.75, 3.05) is 6.61 Å². The van der Waals surface area contributed by atoms with E-state index in [-0.39, 0.29) is 12.4 Å². The number of esters is 1. The smallest absolute Gasteiger partial charge is 0.330 e. The average Bonchev–Trinajstić information content (AvgIpc) is 2.46. The Hall–Kier alpha value is -1.04. The molecule has 1 atom stereocenters. The highest BCUT2D eigenvalue weighted by Crippen LogP contribution is 2.31. The Balaban J connectivity index is 2.74. The lowest BCUT2D eigenvalue weighted by Gasteiger charge is -2.25. The number of Topliss-reactive ketones (excluding diaryl/α,β-unsaturated/α-hetero) is 1. The largest absolute Gasteiger partial charge is 0.470 e. The molecule has 22 heavy (non-hydrogen) atoms. The Bertz CT molecular complexity index is 587. The van der Waals surface area contributed by atoms with Gasteiger partial charge in [-0.05, 0) is 48.0 Å². The van der Waals surface area contributed by atoms with Crippen LogP contribution in [0.3, 0.4) is 0 Å². The molecule has 0 saturated carbocycles. The van der Waals surface area contributed by atoms with E-state index in [9.17, 15) is 9.59 Å². The van der Waals surface area contributed by atoms with Crippen molar-refractivity contribution < 1.29 is 19.1 Å². The summed E-state index contributed by atoms with van der Waals surface area (Å²) in [4.78, 5) is 23.5. The molecule has 0 N–H and O–H groups in total. The van der Waals surface area contributed by atoms with Gasteiger partial charge in [0.25, 0.3) is 0 Å². The third-order valence-electron chi connectivity index (χ3n) is 2.74. The molecule has 120 valence electrons. The Labute approximate surface area is 147 Å². The van der Waals surface area contributed by atoms with Gasteiger partial charge in [-0.25, -0.2) is 4.79 Å². The van der Waals surface area contributed by atoms with Crippen molar-refractivity contribution in [1.82, 2.24) is 0 Å². The highest BCUT2D eigenvalue weighted by molar-refractivity contribution is 9.09. The standard InChI is InChI=1S/C15H15BrCl2O4/c1-4-12(19)21-8-15(2,3)13(20)14(16)22-11-6-5-9(17)7-10(11)18/h4-7,14H,1,8H2,2-3H3. The molecule has 0 spiro atoms. The fourth-order valence-corrected chi connectivity index (χ4v) is 2.70. The number of carbonyl (C=O) groups excluding carboxylic acids is 2. The summed E-state index contributed by atoms with van der Waals surface area (Å²) < 4.78 is 10.4. The first-order valence-corrected chi connectivity index (χ1v) is 7.94. The van der Waals surface area contributed by atoms with E-state index in [1.165, 1.54) is 6.07 Å². The van der Waals surface area contributed by atoms with Crippen LogP contribution in [0.25, 0.3) is 0 Å². The number of hydrogen-bond acceptors (Lipinski definition) is 4. The van der Waals surface area contributed by atoms with Gasteiger partial charge in [-0.3, -0.25) is 4.79 Å². The van der Waals surface area contributed by atoms with Crippen molar-refractivity contribution in [2.24, 2.45) is 5.41 Å². The Morgan fingerprint density at radius 2 is 2.05 bits per heavy atom. The number of benzene rings is 1. The van der Waals surface area contributed by atoms with E-state index in [4.69, 9.17) is 32.7 Å². The number of carbonyl (C=O) groups is 2. The molecular weight excluding hydrogens is 395 g/mol. The van der Waals surface area contributed by atoms with Gasteiger partial charge < -0.3 is 9.47 Å². The van der Waals surface area contributed by atoms with E-state index < -0.39 is 16.4 Å². The van der Waals surface area contributed by atoms with Crippen molar-refractivity contribution in [1.29, 1.82) is 0 Å². The quantitative estimate of drug-likeness (QED) is 0.380. The van der Waals surface area contributed by atoms with E-state index in [1.807, 2.05) is 0 Å². The molecule has 0 aliphatic heterocycles. The van der Waals surface area contributed by atoms with Gasteiger partial charge in [0, 0.05) is 11.1 Å². The zero-order chi connectivity index (χ0) is 16.9. The second kappa shape index (κ2) is 7.99. The molecule has 1 unspecified atom stereocenters. The first kappa shape index (κ1) is 19.0. The lowest BCUT2D eigenvalue weighted by Crippen LogP contribution is -2.38. The second-order valence-electron chi connectivity index (χ2n) is 5.07. The van der Waals surface area contributed by atoms with Crippen LogP contribution in [0, 0.1) is 5.41 Å². The van der Waals surface area contributed by atoms with Gasteiger partial charge in [-0.1, -0.05) is 29.8 Å². The fourth-order valence-electron chi connectivity index (χ4n) is 1.42. The molecule has 0 aliphatic carbocycles. The average molecular weight is 410 g/mol. The Morgan fingerprint density at radius 1 is 1.41 bits per heavy atom. The SMILES string of the molecule is C=CC(=O)OCC(C)(C)C(=O)C(Br)Oc1ccc(Cl)cc1Cl. The maximum atomic E-state index is 12.4. The minimum absolute atomic E-state index is 0.0868. The Morgan fingerprint density at radius 3 is 2.59 bits per heavy atom. The molecule has 1 rings (SSSR count). The van der Waals surface area contributed by atoms with Gasteiger partial charge in [0.15, 0.2) is 5.78 Å². The van der Waals surface area contributed by atoms with Crippen molar-refractivity contribution in [3.63, 3.8) is 0 Å². The van der Waals surface area contributed by atoms with Gasteiger partial charge >= 0.3 is 5.97 Å². The molecule has 0 heterocycles. The Kier molecular flexibility index (Phi) is 6.91. The summed E-state index contributed by atoms with van der Waals surface area (Å²) in [5, 5.41) is -0.185. The summed E-state index contributed by atoms with van der Waals surface area (Å²) in [6.45, 7) is 6.50. The molecule has 0 aliphatic rings. The summed E-state index contributed by atoms with van der Waals surface area (Å²) >= 11 is 15.0. The van der Waals surface area contributed by atoms with E-state index in [0.717, 1.165) is 6.08 Å². The van der Waals surface area contributed by atoms with Crippen molar-refractivity contribution in [3.05, 3.63) is 40.9 Å². The normalized spacial score (nSPS) is 12.4. The van der Waals surface area contributed by atoms with Crippen molar-refractivity contribution in [3.8, 4) is 5.75 Å². The van der Waals surface area contributed by atoms with Crippen LogP contribution in [-0.2, 0) is 14.3 Å². The number of ether oxygens (including phenoxy) is 2. The molecule has 0 fully saturated rings. The monoisotopic (exact) mass is 408 g/mol. The molecule has 0 radical (unpaired) electrons. The summed E-state index contributed by atoms with van der Waals surface area (Å²) in [7, 11) is 0. The third kappa shape index (κ3) is 5.30. The summed E-state index contributed by atoms with van der Waals surface area (Å²) in [5.41, 5.74) is -0.939. The van der Waals surface area contributed by atoms with Crippen LogP contribution in [0.5, 0.6) is 5.75 Å². The molecule has 0 saturated heterocycles. The zero-order valence-electron chi connectivity index (χ0n) is 12.1. The lowest BCUT2D eigenvalue weighted by atomic mass is 9.89. The fraction of sp³-hybridized carbons (Fsp3) is 0.333. The molecule has 1 aromatic carbocycles. The number of hydrogen-bond donors (Lipinski definition) is 0.